The number of para-hydroxylation sites is 3. The van der Waals surface area contributed by atoms with Crippen LogP contribution in [0, 0.1) is 20.8 Å². The number of benzene rings is 6. The molecule has 25 nitrogen and oxygen atoms in total. The number of anilines is 6. The average molecular weight is 1400 g/mol. The van der Waals surface area contributed by atoms with Gasteiger partial charge in [0.05, 0.1) is 29.1 Å². The number of aryl methyl sites for hydroxylation is 5. The van der Waals surface area contributed by atoms with E-state index in [4.69, 9.17) is 36.5 Å². The number of alkyl carbamates (subject to hydrolysis) is 3. The summed E-state index contributed by atoms with van der Waals surface area (Å²) in [5, 5.41) is 43.8. The van der Waals surface area contributed by atoms with Crippen LogP contribution in [-0.4, -0.2) is 109 Å². The third-order valence-corrected chi connectivity index (χ3v) is 19.9. The lowest BCUT2D eigenvalue weighted by atomic mass is 9.88. The maximum absolute atomic E-state index is 13.6. The molecule has 3 unspecified atom stereocenters. The molecule has 0 spiro atoms. The van der Waals surface area contributed by atoms with Gasteiger partial charge in [-0.3, -0.25) is 19.5 Å². The van der Waals surface area contributed by atoms with Crippen LogP contribution in [0.2, 0.25) is 0 Å². The van der Waals surface area contributed by atoms with Crippen molar-refractivity contribution in [1.82, 2.24) is 45.7 Å². The Morgan fingerprint density at radius 1 is 0.466 bits per heavy atom. The number of nitrogens with two attached hydrogens (primary N) is 3. The summed E-state index contributed by atoms with van der Waals surface area (Å²) in [6, 6.07) is 46.4. The van der Waals surface area contributed by atoms with Crippen LogP contribution < -0.4 is 49.1 Å². The molecule has 103 heavy (non-hydrogen) atoms. The highest BCUT2D eigenvalue weighted by Gasteiger charge is 2.37. The zero-order valence-corrected chi connectivity index (χ0v) is 58.1. The molecule has 3 aliphatic carbocycles. The number of hydrogen-bond acceptors (Lipinski definition) is 18. The molecule has 6 aromatic carbocycles. The van der Waals surface area contributed by atoms with E-state index >= 15 is 0 Å². The Bertz CT molecular complexity index is 4460. The van der Waals surface area contributed by atoms with Crippen LogP contribution in [0.25, 0.3) is 0 Å². The van der Waals surface area contributed by atoms with Gasteiger partial charge in [0.25, 0.3) is 11.8 Å². The number of amides is 3. The van der Waals surface area contributed by atoms with E-state index in [0.29, 0.717) is 81.7 Å². The van der Waals surface area contributed by atoms with Crippen LogP contribution in [0.4, 0.5) is 48.9 Å². The minimum Gasteiger partial charge on any atom is -0.481 e. The van der Waals surface area contributed by atoms with E-state index in [1.807, 2.05) is 166 Å². The quantitative estimate of drug-likeness (QED) is 0.0506. The molecular formula is C78H89N15O10. The van der Waals surface area contributed by atoms with Gasteiger partial charge in [-0.25, -0.2) is 19.1 Å². The number of ether oxygens (including phenoxy) is 3. The van der Waals surface area contributed by atoms with Crippen molar-refractivity contribution in [2.45, 2.75) is 154 Å². The second-order valence-electron chi connectivity index (χ2n) is 26.9. The highest BCUT2D eigenvalue weighted by Crippen LogP contribution is 2.39. The van der Waals surface area contributed by atoms with Crippen molar-refractivity contribution >= 4 is 70.6 Å². The molecule has 9 aromatic rings. The first-order valence-corrected chi connectivity index (χ1v) is 35.2. The largest absolute Gasteiger partial charge is 0.481 e. The van der Waals surface area contributed by atoms with Crippen molar-refractivity contribution in [3.63, 3.8) is 0 Å². The summed E-state index contributed by atoms with van der Waals surface area (Å²) in [6.45, 7) is 9.01. The number of carboxylic acid groups (broad SMARTS) is 1. The van der Waals surface area contributed by atoms with Crippen molar-refractivity contribution in [3.05, 3.63) is 229 Å². The number of rotatable bonds is 12. The Morgan fingerprint density at radius 2 is 0.874 bits per heavy atom. The highest BCUT2D eigenvalue weighted by molar-refractivity contribution is 5.91. The molecule has 6 heterocycles. The summed E-state index contributed by atoms with van der Waals surface area (Å²) in [5.41, 5.74) is 36.1. The lowest BCUT2D eigenvalue weighted by Crippen LogP contribution is -2.39. The van der Waals surface area contributed by atoms with Gasteiger partial charge in [-0.05, 0) is 148 Å². The molecule has 25 heteroatoms. The van der Waals surface area contributed by atoms with E-state index < -0.39 is 24.2 Å². The molecule has 0 saturated heterocycles. The normalized spacial score (nSPS) is 18.6. The Hall–Kier alpha value is -11.6. The molecular weight excluding hydrogens is 1310 g/mol. The number of carboxylic acids is 1. The fourth-order valence-electron chi connectivity index (χ4n) is 14.5. The Morgan fingerprint density at radius 3 is 1.34 bits per heavy atom. The SMILES string of the molecule is Cc1cccc2c1NCCC2C(=O)O.Cc1cccc2c1NCCC2C(=O)n1nc(N)c2c1CC[C@H](NC(=O)OCc1ccccc1)C2.Cc1cccc2c1NCCC2C(=O)n1nc2c(c1N)C[C@@H](NC(=O)OCc1ccccc1)CC2.Nc1n[nH]c2c1C[C@@H](NC(=O)OCc1ccccc1)CC2. The zero-order chi connectivity index (χ0) is 72.1. The number of aromatic nitrogens is 6. The first-order chi connectivity index (χ1) is 49.9. The molecule has 0 bridgehead atoms. The summed E-state index contributed by atoms with van der Waals surface area (Å²) in [7, 11) is 0. The lowest BCUT2D eigenvalue weighted by molar-refractivity contribution is -0.139. The van der Waals surface area contributed by atoms with Crippen LogP contribution in [-0.2, 0) is 77.4 Å². The molecule has 6 aliphatic rings. The van der Waals surface area contributed by atoms with Crippen molar-refractivity contribution < 1.29 is 48.1 Å². The van der Waals surface area contributed by atoms with E-state index in [1.165, 1.54) is 9.36 Å². The molecule has 3 amide bonds. The Labute approximate surface area is 597 Å². The summed E-state index contributed by atoms with van der Waals surface area (Å²) < 4.78 is 18.8. The number of carbonyl (C=O) groups excluding carboxylic acids is 5. The molecule has 536 valence electrons. The summed E-state index contributed by atoms with van der Waals surface area (Å²) in [6.07, 6.45) is 6.86. The standard InChI is InChI=1S/2C26H29N5O3.C15H18N4O2.C11H13NO2/c1-16-6-5-9-19-20(12-13-28-23(16)19)25(32)31-22-11-10-18(14-21(22)24(27)30-31)29-26(33)34-15-17-7-3-2-4-8-17;1-16-6-5-9-19-20(12-13-28-23(16)19)25(32)31-24(27)21-14-18(10-11-22(21)30-31)29-26(33)34-15-17-7-3-2-4-8-17;16-14-12-8-11(6-7-13(12)18-19-14)17-15(20)21-9-10-4-2-1-3-5-10;1-7-3-2-4-8-9(11(13)14)5-6-12-10(7)8/h2-9,18,20,28H,10-15H2,1H3,(H2,27,30)(H,29,33);2-9,18,20,28H,10-15,27H2,1H3,(H,29,33);1-5,11H,6-9H2,(H,17,20)(H3,16,18,19);2-4,9,12H,5-6H2,1H3,(H,13,14)/t2*18-,20?;11-;/m000./s1. The van der Waals surface area contributed by atoms with E-state index in [1.54, 1.807) is 0 Å². The zero-order valence-electron chi connectivity index (χ0n) is 58.1. The predicted molar refractivity (Wildman–Crippen MR) is 393 cm³/mol. The number of nitrogen functional groups attached to an aromatic ring is 3. The molecule has 3 aromatic heterocycles. The summed E-state index contributed by atoms with van der Waals surface area (Å²) in [5.74, 6) is -0.520. The maximum atomic E-state index is 13.6. The monoisotopic (exact) mass is 1400 g/mol. The second-order valence-corrected chi connectivity index (χ2v) is 26.9. The number of H-pyrrole nitrogens is 1. The Balaban J connectivity index is 0.000000136. The lowest BCUT2D eigenvalue weighted by Gasteiger charge is -2.28. The molecule has 6 atom stereocenters. The van der Waals surface area contributed by atoms with Crippen molar-refractivity contribution in [2.75, 3.05) is 52.8 Å². The molecule has 0 fully saturated rings. The van der Waals surface area contributed by atoms with Gasteiger partial charge in [0, 0.05) is 77.2 Å². The van der Waals surface area contributed by atoms with Crippen LogP contribution in [0.15, 0.2) is 146 Å². The van der Waals surface area contributed by atoms with Crippen molar-refractivity contribution in [3.8, 4) is 0 Å². The number of aliphatic carboxylic acids is 1. The first kappa shape index (κ1) is 71.2. The third kappa shape index (κ3) is 17.1. The topological polar surface area (TPSA) is 365 Å². The predicted octanol–water partition coefficient (Wildman–Crippen LogP) is 11.3. The van der Waals surface area contributed by atoms with Crippen LogP contribution in [0.5, 0.6) is 0 Å². The maximum Gasteiger partial charge on any atom is 0.407 e. The summed E-state index contributed by atoms with van der Waals surface area (Å²) in [4.78, 5) is 74.5. The number of fused-ring (bicyclic) bond motifs is 6. The molecule has 0 saturated carbocycles. The number of nitrogens with zero attached hydrogens (tertiary/aromatic N) is 5. The van der Waals surface area contributed by atoms with Crippen molar-refractivity contribution in [1.29, 1.82) is 0 Å². The number of hydrogen-bond donors (Lipinski definition) is 11. The number of nitrogens with one attached hydrogen (secondary N) is 7. The van der Waals surface area contributed by atoms with E-state index in [-0.39, 0.29) is 67.5 Å². The molecule has 0 radical (unpaired) electrons. The van der Waals surface area contributed by atoms with E-state index in [0.717, 1.165) is 133 Å². The second kappa shape index (κ2) is 32.8. The molecule has 3 aliphatic heterocycles. The van der Waals surface area contributed by atoms with Gasteiger partial charge < -0.3 is 68.4 Å². The van der Waals surface area contributed by atoms with Gasteiger partial charge >= 0.3 is 24.2 Å². The number of carbonyl (C=O) groups is 6. The van der Waals surface area contributed by atoms with Gasteiger partial charge in [0.15, 0.2) is 0 Å². The molecule has 14 N–H and O–H groups in total. The van der Waals surface area contributed by atoms with E-state index in [2.05, 4.69) is 52.3 Å². The Kier molecular flexibility index (Phi) is 22.7. The van der Waals surface area contributed by atoms with Crippen molar-refractivity contribution in [2.24, 2.45) is 0 Å². The average Bonchev–Trinajstić information content (AvgIpc) is 1.72. The minimum absolute atomic E-state index is 0.0423. The van der Waals surface area contributed by atoms with Crippen LogP contribution in [0.3, 0.4) is 0 Å². The smallest absolute Gasteiger partial charge is 0.407 e. The van der Waals surface area contributed by atoms with Gasteiger partial charge in [-0.2, -0.15) is 14.9 Å². The van der Waals surface area contributed by atoms with Crippen LogP contribution in [0.1, 0.15) is 150 Å². The van der Waals surface area contributed by atoms with Crippen LogP contribution >= 0.6 is 0 Å². The number of aromatic amines is 1. The highest BCUT2D eigenvalue weighted by atomic mass is 16.6. The van der Waals surface area contributed by atoms with Gasteiger partial charge in [-0.15, -0.1) is 5.10 Å². The summed E-state index contributed by atoms with van der Waals surface area (Å²) >= 11 is 0. The fourth-order valence-corrected chi connectivity index (χ4v) is 14.5. The third-order valence-electron chi connectivity index (χ3n) is 19.9. The molecule has 15 rings (SSSR count). The van der Waals surface area contributed by atoms with Gasteiger partial charge in [-0.1, -0.05) is 146 Å². The minimum atomic E-state index is -0.724. The first-order valence-electron chi connectivity index (χ1n) is 35.2. The van der Waals surface area contributed by atoms with Gasteiger partial charge in [0.1, 0.15) is 37.3 Å². The van der Waals surface area contributed by atoms with Gasteiger partial charge in [0.2, 0.25) is 0 Å². The fraction of sp³-hybridized carbons (Fsp3) is 0.346. The van der Waals surface area contributed by atoms with E-state index in [9.17, 15) is 28.8 Å².